The second-order valence-corrected chi connectivity index (χ2v) is 3.82. The summed E-state index contributed by atoms with van der Waals surface area (Å²) in [6.45, 7) is 0. The molecule has 0 bridgehead atoms. The maximum atomic E-state index is 13.8. The van der Waals surface area contributed by atoms with Gasteiger partial charge in [-0.1, -0.05) is 6.07 Å². The fourth-order valence-corrected chi connectivity index (χ4v) is 1.65. The van der Waals surface area contributed by atoms with Gasteiger partial charge in [0.25, 0.3) is 0 Å². The first-order valence-electron chi connectivity index (χ1n) is 5.18. The molecule has 0 spiro atoms. The fraction of sp³-hybridized carbons (Fsp3) is 0. The molecule has 0 aliphatic rings. The minimum atomic E-state index is -1.48. The quantitative estimate of drug-likeness (QED) is 0.822. The van der Waals surface area contributed by atoms with Crippen LogP contribution >= 0.6 is 0 Å². The second-order valence-electron chi connectivity index (χ2n) is 3.82. The van der Waals surface area contributed by atoms with Gasteiger partial charge in [0.1, 0.15) is 17.3 Å². The van der Waals surface area contributed by atoms with Crippen molar-refractivity contribution in [3.63, 3.8) is 0 Å². The first kappa shape index (κ1) is 12.9. The van der Waals surface area contributed by atoms with Gasteiger partial charge in [0.2, 0.25) is 0 Å². The molecule has 3 N–H and O–H groups in total. The van der Waals surface area contributed by atoms with Gasteiger partial charge in [0.15, 0.2) is 5.82 Å². The number of benzene rings is 2. The zero-order valence-electron chi connectivity index (χ0n) is 9.45. The maximum Gasteiger partial charge on any atom is 0.338 e. The largest absolute Gasteiger partial charge is 0.478 e. The number of anilines is 1. The van der Waals surface area contributed by atoms with Crippen LogP contribution in [0.1, 0.15) is 10.4 Å². The molecule has 0 heterocycles. The van der Waals surface area contributed by atoms with E-state index < -0.39 is 34.7 Å². The van der Waals surface area contributed by atoms with Gasteiger partial charge >= 0.3 is 5.97 Å². The van der Waals surface area contributed by atoms with Gasteiger partial charge in [-0.05, 0) is 29.8 Å². The van der Waals surface area contributed by atoms with Crippen molar-refractivity contribution in [2.45, 2.75) is 0 Å². The number of carboxylic acids is 1. The highest BCUT2D eigenvalue weighted by molar-refractivity contribution is 5.90. The number of halogens is 3. The number of carboxylic acid groups (broad SMARTS) is 1. The number of nitrogens with two attached hydrogens (primary N) is 1. The van der Waals surface area contributed by atoms with Crippen LogP contribution in [0.15, 0.2) is 30.3 Å². The van der Waals surface area contributed by atoms with Gasteiger partial charge in [-0.2, -0.15) is 0 Å². The van der Waals surface area contributed by atoms with E-state index in [1.165, 1.54) is 6.07 Å². The molecule has 0 radical (unpaired) electrons. The van der Waals surface area contributed by atoms with Crippen LogP contribution in [0.5, 0.6) is 0 Å². The summed E-state index contributed by atoms with van der Waals surface area (Å²) in [6.07, 6.45) is 0. The van der Waals surface area contributed by atoms with Crippen molar-refractivity contribution in [1.82, 2.24) is 0 Å². The summed E-state index contributed by atoms with van der Waals surface area (Å²) in [4.78, 5) is 10.8. The van der Waals surface area contributed by atoms with E-state index in [0.29, 0.717) is 0 Å². The number of aromatic carboxylic acids is 1. The predicted molar refractivity (Wildman–Crippen MR) is 63.1 cm³/mol. The molecule has 0 saturated heterocycles. The Hall–Kier alpha value is -2.50. The number of nitrogen functional groups attached to an aromatic ring is 1. The maximum absolute atomic E-state index is 13.8. The van der Waals surface area contributed by atoms with E-state index in [1.807, 2.05) is 0 Å². The number of hydrogen-bond donors (Lipinski definition) is 2. The van der Waals surface area contributed by atoms with Crippen molar-refractivity contribution in [3.05, 3.63) is 53.3 Å². The molecular weight excluding hydrogens is 259 g/mol. The van der Waals surface area contributed by atoms with Crippen LogP contribution in [0.4, 0.5) is 18.9 Å². The highest BCUT2D eigenvalue weighted by Crippen LogP contribution is 2.29. The highest BCUT2D eigenvalue weighted by Gasteiger charge is 2.16. The molecule has 19 heavy (non-hydrogen) atoms. The average molecular weight is 267 g/mol. The van der Waals surface area contributed by atoms with Crippen molar-refractivity contribution >= 4 is 11.7 Å². The first-order chi connectivity index (χ1) is 8.91. The van der Waals surface area contributed by atoms with Gasteiger partial charge in [-0.15, -0.1) is 0 Å². The van der Waals surface area contributed by atoms with Gasteiger partial charge in [0.05, 0.1) is 5.56 Å². The molecule has 0 amide bonds. The minimum Gasteiger partial charge on any atom is -0.478 e. The molecule has 2 aromatic rings. The average Bonchev–Trinajstić information content (AvgIpc) is 2.37. The van der Waals surface area contributed by atoms with Gasteiger partial charge in [-0.3, -0.25) is 0 Å². The fourth-order valence-electron chi connectivity index (χ4n) is 1.65. The highest BCUT2D eigenvalue weighted by atomic mass is 19.1. The van der Waals surface area contributed by atoms with Crippen LogP contribution in [-0.4, -0.2) is 11.1 Å². The molecule has 3 nitrogen and oxygen atoms in total. The van der Waals surface area contributed by atoms with Crippen LogP contribution in [-0.2, 0) is 0 Å². The van der Waals surface area contributed by atoms with E-state index in [1.54, 1.807) is 0 Å². The summed E-state index contributed by atoms with van der Waals surface area (Å²) in [5, 5.41) is 8.79. The Balaban J connectivity index is 2.63. The predicted octanol–water partition coefficient (Wildman–Crippen LogP) is 3.05. The number of rotatable bonds is 2. The molecule has 0 saturated carbocycles. The molecular formula is C13H8F3NO2. The third kappa shape index (κ3) is 2.24. The van der Waals surface area contributed by atoms with Gasteiger partial charge in [0, 0.05) is 5.56 Å². The van der Waals surface area contributed by atoms with E-state index in [4.69, 9.17) is 10.8 Å². The zero-order chi connectivity index (χ0) is 14.2. The smallest absolute Gasteiger partial charge is 0.338 e. The molecule has 2 aromatic carbocycles. The van der Waals surface area contributed by atoms with Crippen LogP contribution in [0.3, 0.4) is 0 Å². The SMILES string of the molecule is Nc1c(F)ccc(-c2ccc(F)c(C(=O)O)c2)c1F. The van der Waals surface area contributed by atoms with Crippen molar-refractivity contribution in [3.8, 4) is 11.1 Å². The Kier molecular flexibility index (Phi) is 3.16. The van der Waals surface area contributed by atoms with Crippen molar-refractivity contribution in [2.75, 3.05) is 5.73 Å². The second kappa shape index (κ2) is 4.64. The minimum absolute atomic E-state index is 0.0959. The molecule has 0 unspecified atom stereocenters. The molecule has 0 aliphatic heterocycles. The molecule has 0 atom stereocenters. The van der Waals surface area contributed by atoms with E-state index in [2.05, 4.69) is 0 Å². The number of hydrogen-bond acceptors (Lipinski definition) is 2. The zero-order valence-corrected chi connectivity index (χ0v) is 9.45. The lowest BCUT2D eigenvalue weighted by Crippen LogP contribution is -2.02. The summed E-state index contributed by atoms with van der Waals surface area (Å²) in [5.41, 5.74) is 3.95. The van der Waals surface area contributed by atoms with E-state index in [0.717, 1.165) is 24.3 Å². The first-order valence-corrected chi connectivity index (χ1v) is 5.18. The molecule has 2 rings (SSSR count). The summed E-state index contributed by atoms with van der Waals surface area (Å²) in [7, 11) is 0. The third-order valence-electron chi connectivity index (χ3n) is 2.63. The lowest BCUT2D eigenvalue weighted by atomic mass is 10.0. The third-order valence-corrected chi connectivity index (χ3v) is 2.63. The van der Waals surface area contributed by atoms with Gasteiger partial charge in [-0.25, -0.2) is 18.0 Å². The Morgan fingerprint density at radius 2 is 1.68 bits per heavy atom. The lowest BCUT2D eigenvalue weighted by Gasteiger charge is -2.08. The number of carbonyl (C=O) groups is 1. The van der Waals surface area contributed by atoms with Crippen LogP contribution < -0.4 is 5.73 Å². The summed E-state index contributed by atoms with van der Waals surface area (Å²) >= 11 is 0. The Labute approximate surface area is 106 Å². The summed E-state index contributed by atoms with van der Waals surface area (Å²) in [5.74, 6) is -4.34. The van der Waals surface area contributed by atoms with Crippen molar-refractivity contribution in [2.24, 2.45) is 0 Å². The van der Waals surface area contributed by atoms with E-state index in [-0.39, 0.29) is 11.1 Å². The van der Waals surface area contributed by atoms with Crippen LogP contribution in [0.2, 0.25) is 0 Å². The molecule has 0 aromatic heterocycles. The molecule has 0 aliphatic carbocycles. The van der Waals surface area contributed by atoms with E-state index >= 15 is 0 Å². The van der Waals surface area contributed by atoms with Crippen LogP contribution in [0, 0.1) is 17.5 Å². The Morgan fingerprint density at radius 3 is 2.32 bits per heavy atom. The molecule has 98 valence electrons. The molecule has 6 heteroatoms. The summed E-state index contributed by atoms with van der Waals surface area (Å²) in [6, 6.07) is 5.13. The van der Waals surface area contributed by atoms with Crippen molar-refractivity contribution < 1.29 is 23.1 Å². The Bertz CT molecular complexity index is 671. The Morgan fingerprint density at radius 1 is 1.05 bits per heavy atom. The normalized spacial score (nSPS) is 10.5. The standard InChI is InChI=1S/C13H8F3NO2/c14-9-3-1-6(5-8(9)13(18)19)7-2-4-10(15)12(17)11(7)16/h1-5H,17H2,(H,18,19). The van der Waals surface area contributed by atoms with Crippen LogP contribution in [0.25, 0.3) is 11.1 Å². The lowest BCUT2D eigenvalue weighted by molar-refractivity contribution is 0.0692. The van der Waals surface area contributed by atoms with Gasteiger partial charge < -0.3 is 10.8 Å². The monoisotopic (exact) mass is 267 g/mol. The van der Waals surface area contributed by atoms with Crippen molar-refractivity contribution in [1.29, 1.82) is 0 Å². The summed E-state index contributed by atoms with van der Waals surface area (Å²) < 4.78 is 40.0. The van der Waals surface area contributed by atoms with E-state index in [9.17, 15) is 18.0 Å². The topological polar surface area (TPSA) is 63.3 Å². The molecule has 0 fully saturated rings.